The molecule has 0 saturated carbocycles. The van der Waals surface area contributed by atoms with E-state index in [0.717, 1.165) is 0 Å². The summed E-state index contributed by atoms with van der Waals surface area (Å²) in [4.78, 5) is 35.5. The van der Waals surface area contributed by atoms with Crippen LogP contribution in [0.3, 0.4) is 0 Å². The first-order valence-corrected chi connectivity index (χ1v) is 6.19. The van der Waals surface area contributed by atoms with E-state index >= 15 is 0 Å². The Hall–Kier alpha value is -2.43. The van der Waals surface area contributed by atoms with Crippen molar-refractivity contribution in [3.63, 3.8) is 0 Å². The van der Waals surface area contributed by atoms with Crippen molar-refractivity contribution in [2.75, 3.05) is 0 Å². The molecular formula is C15H14O5. The Morgan fingerprint density at radius 1 is 1.15 bits per heavy atom. The number of carbonyl (C=O) groups excluding carboxylic acids is 3. The SMILES string of the molecule is CC(=O)/C(C(=O)OC(C)C)=C1\OC(=O)c2ccccc21. The monoisotopic (exact) mass is 274 g/mol. The third-order valence-electron chi connectivity index (χ3n) is 2.71. The Balaban J connectivity index is 2.56. The molecule has 0 aromatic heterocycles. The van der Waals surface area contributed by atoms with E-state index in [0.29, 0.717) is 11.1 Å². The fourth-order valence-corrected chi connectivity index (χ4v) is 1.92. The van der Waals surface area contributed by atoms with Crippen LogP contribution in [-0.2, 0) is 19.1 Å². The molecular weight excluding hydrogens is 260 g/mol. The number of ketones is 1. The van der Waals surface area contributed by atoms with Crippen LogP contribution in [0.15, 0.2) is 29.8 Å². The quantitative estimate of drug-likeness (QED) is 0.365. The highest BCUT2D eigenvalue weighted by Crippen LogP contribution is 2.32. The number of hydrogen-bond acceptors (Lipinski definition) is 5. The maximum absolute atomic E-state index is 12.0. The van der Waals surface area contributed by atoms with Crippen LogP contribution >= 0.6 is 0 Å². The molecule has 2 rings (SSSR count). The first-order chi connectivity index (χ1) is 9.41. The van der Waals surface area contributed by atoms with Gasteiger partial charge in [-0.05, 0) is 26.8 Å². The summed E-state index contributed by atoms with van der Waals surface area (Å²) in [5.74, 6) is -1.89. The second-order valence-corrected chi connectivity index (χ2v) is 4.65. The highest BCUT2D eigenvalue weighted by Gasteiger charge is 2.33. The lowest BCUT2D eigenvalue weighted by Crippen LogP contribution is -2.19. The number of rotatable bonds is 3. The minimum absolute atomic E-state index is 0.0243. The van der Waals surface area contributed by atoms with Crippen LogP contribution < -0.4 is 0 Å². The van der Waals surface area contributed by atoms with Crippen LogP contribution in [0.2, 0.25) is 0 Å². The molecule has 1 aromatic rings. The van der Waals surface area contributed by atoms with Gasteiger partial charge in [-0.15, -0.1) is 0 Å². The van der Waals surface area contributed by atoms with Crippen LogP contribution in [0, 0.1) is 0 Å². The number of fused-ring (bicyclic) bond motifs is 1. The van der Waals surface area contributed by atoms with E-state index in [4.69, 9.17) is 9.47 Å². The molecule has 0 bridgehead atoms. The van der Waals surface area contributed by atoms with Crippen molar-refractivity contribution in [1.29, 1.82) is 0 Å². The number of hydrogen-bond donors (Lipinski definition) is 0. The van der Waals surface area contributed by atoms with Crippen molar-refractivity contribution < 1.29 is 23.9 Å². The third kappa shape index (κ3) is 2.47. The Labute approximate surface area is 116 Å². The van der Waals surface area contributed by atoms with Gasteiger partial charge in [-0.2, -0.15) is 0 Å². The molecule has 104 valence electrons. The largest absolute Gasteiger partial charge is 0.459 e. The highest BCUT2D eigenvalue weighted by molar-refractivity contribution is 6.23. The summed E-state index contributed by atoms with van der Waals surface area (Å²) >= 11 is 0. The topological polar surface area (TPSA) is 69.7 Å². The van der Waals surface area contributed by atoms with E-state index < -0.39 is 17.7 Å². The summed E-state index contributed by atoms with van der Waals surface area (Å²) in [6.07, 6.45) is -0.371. The van der Waals surface area contributed by atoms with Crippen LogP contribution in [0.5, 0.6) is 0 Å². The maximum Gasteiger partial charge on any atom is 0.345 e. The third-order valence-corrected chi connectivity index (χ3v) is 2.71. The lowest BCUT2D eigenvalue weighted by Gasteiger charge is -2.10. The van der Waals surface area contributed by atoms with E-state index in [9.17, 15) is 14.4 Å². The minimum atomic E-state index is -0.785. The van der Waals surface area contributed by atoms with E-state index in [1.165, 1.54) is 6.92 Å². The molecule has 0 radical (unpaired) electrons. The molecule has 0 N–H and O–H groups in total. The molecule has 1 aliphatic heterocycles. The first-order valence-electron chi connectivity index (χ1n) is 6.19. The van der Waals surface area contributed by atoms with Gasteiger partial charge in [0.2, 0.25) is 0 Å². The molecule has 1 heterocycles. The summed E-state index contributed by atoms with van der Waals surface area (Å²) in [6.45, 7) is 4.59. The molecule has 1 aromatic carbocycles. The molecule has 0 amide bonds. The summed E-state index contributed by atoms with van der Waals surface area (Å²) in [7, 11) is 0. The van der Waals surface area contributed by atoms with Crippen molar-refractivity contribution >= 4 is 23.5 Å². The summed E-state index contributed by atoms with van der Waals surface area (Å²) in [6, 6.07) is 6.59. The molecule has 0 unspecified atom stereocenters. The average Bonchev–Trinajstić information content (AvgIpc) is 2.66. The number of Topliss-reactive ketones (excluding diaryl/α,β-unsaturated/α-hetero) is 1. The molecule has 0 spiro atoms. The molecule has 5 nitrogen and oxygen atoms in total. The number of esters is 2. The molecule has 5 heteroatoms. The number of carbonyl (C=O) groups is 3. The predicted octanol–water partition coefficient (Wildman–Crippen LogP) is 2.11. The molecule has 0 saturated heterocycles. The zero-order valence-corrected chi connectivity index (χ0v) is 11.4. The normalized spacial score (nSPS) is 15.7. The molecule has 20 heavy (non-hydrogen) atoms. The Morgan fingerprint density at radius 2 is 1.75 bits per heavy atom. The molecule has 0 atom stereocenters. The molecule has 0 fully saturated rings. The molecule has 1 aliphatic rings. The predicted molar refractivity (Wildman–Crippen MR) is 70.7 cm³/mol. The van der Waals surface area contributed by atoms with Gasteiger partial charge in [0.05, 0.1) is 11.7 Å². The van der Waals surface area contributed by atoms with Gasteiger partial charge in [0, 0.05) is 5.56 Å². The standard InChI is InChI=1S/C15H14O5/c1-8(2)19-15(18)12(9(3)16)13-10-6-4-5-7-11(10)14(17)20-13/h4-8H,1-3H3/b13-12+. The van der Waals surface area contributed by atoms with Crippen LogP contribution in [0.4, 0.5) is 0 Å². The Morgan fingerprint density at radius 3 is 2.30 bits per heavy atom. The van der Waals surface area contributed by atoms with Gasteiger partial charge in [0.15, 0.2) is 11.5 Å². The van der Waals surface area contributed by atoms with Crippen molar-refractivity contribution in [3.8, 4) is 0 Å². The second kappa shape index (κ2) is 5.28. The molecule has 0 aliphatic carbocycles. The number of benzene rings is 1. The van der Waals surface area contributed by atoms with Gasteiger partial charge < -0.3 is 9.47 Å². The summed E-state index contributed by atoms with van der Waals surface area (Å²) in [5, 5.41) is 0. The van der Waals surface area contributed by atoms with E-state index in [2.05, 4.69) is 0 Å². The maximum atomic E-state index is 12.0. The van der Waals surface area contributed by atoms with Crippen molar-refractivity contribution in [1.82, 2.24) is 0 Å². The minimum Gasteiger partial charge on any atom is -0.459 e. The van der Waals surface area contributed by atoms with Gasteiger partial charge in [0.1, 0.15) is 5.57 Å². The fourth-order valence-electron chi connectivity index (χ4n) is 1.92. The van der Waals surface area contributed by atoms with Crippen molar-refractivity contribution in [2.45, 2.75) is 26.9 Å². The smallest absolute Gasteiger partial charge is 0.345 e. The fraction of sp³-hybridized carbons (Fsp3) is 0.267. The zero-order valence-electron chi connectivity index (χ0n) is 11.4. The highest BCUT2D eigenvalue weighted by atomic mass is 16.6. The summed E-state index contributed by atoms with van der Waals surface area (Å²) < 4.78 is 10.1. The van der Waals surface area contributed by atoms with Crippen LogP contribution in [0.25, 0.3) is 5.76 Å². The van der Waals surface area contributed by atoms with Gasteiger partial charge in [-0.3, -0.25) is 4.79 Å². The average molecular weight is 274 g/mol. The van der Waals surface area contributed by atoms with Crippen LogP contribution in [0.1, 0.15) is 36.7 Å². The lowest BCUT2D eigenvalue weighted by atomic mass is 10.0. The first kappa shape index (κ1) is 14.0. The Kier molecular flexibility index (Phi) is 3.70. The number of ether oxygens (including phenoxy) is 2. The second-order valence-electron chi connectivity index (χ2n) is 4.65. The van der Waals surface area contributed by atoms with Gasteiger partial charge in [-0.1, -0.05) is 18.2 Å². The van der Waals surface area contributed by atoms with Gasteiger partial charge >= 0.3 is 11.9 Å². The van der Waals surface area contributed by atoms with Crippen LogP contribution in [-0.4, -0.2) is 23.8 Å². The van der Waals surface area contributed by atoms with E-state index in [1.807, 2.05) is 0 Å². The van der Waals surface area contributed by atoms with Gasteiger partial charge in [0.25, 0.3) is 0 Å². The Bertz CT molecular complexity index is 625. The zero-order chi connectivity index (χ0) is 14.9. The van der Waals surface area contributed by atoms with Crippen molar-refractivity contribution in [2.24, 2.45) is 0 Å². The van der Waals surface area contributed by atoms with E-state index in [-0.39, 0.29) is 17.4 Å². The van der Waals surface area contributed by atoms with Crippen molar-refractivity contribution in [3.05, 3.63) is 41.0 Å². The number of cyclic esters (lactones) is 1. The van der Waals surface area contributed by atoms with Gasteiger partial charge in [-0.25, -0.2) is 9.59 Å². The lowest BCUT2D eigenvalue weighted by molar-refractivity contribution is -0.143. The summed E-state index contributed by atoms with van der Waals surface area (Å²) in [5.41, 5.74) is 0.527. The van der Waals surface area contributed by atoms with E-state index in [1.54, 1.807) is 38.1 Å².